The highest BCUT2D eigenvalue weighted by molar-refractivity contribution is 7.15. The third-order valence-electron chi connectivity index (χ3n) is 1.77. The third kappa shape index (κ3) is 4.70. The lowest BCUT2D eigenvalue weighted by atomic mass is 10.3. The van der Waals surface area contributed by atoms with Crippen LogP contribution in [0.15, 0.2) is 6.20 Å². The Hall–Kier alpha value is -1.14. The van der Waals surface area contributed by atoms with Gasteiger partial charge in [0, 0.05) is 11.1 Å². The second-order valence-corrected chi connectivity index (χ2v) is 5.01. The van der Waals surface area contributed by atoms with Gasteiger partial charge in [0.25, 0.3) is 0 Å². The summed E-state index contributed by atoms with van der Waals surface area (Å²) in [6, 6.07) is 0. The van der Waals surface area contributed by atoms with Crippen LogP contribution in [0.1, 0.15) is 18.2 Å². The summed E-state index contributed by atoms with van der Waals surface area (Å²) < 4.78 is 4.69. The summed E-state index contributed by atoms with van der Waals surface area (Å²) in [5.74, 6) is -0.938. The fraction of sp³-hybridized carbons (Fsp3) is 0.500. The molecule has 1 amide bonds. The molecule has 0 saturated heterocycles. The number of ether oxygens (including phenoxy) is 1. The van der Waals surface area contributed by atoms with E-state index in [2.05, 4.69) is 10.3 Å². The largest absolute Gasteiger partial charge is 0.465 e. The number of esters is 1. The van der Waals surface area contributed by atoms with E-state index >= 15 is 0 Å². The standard InChI is InChI=1S/C10H13ClN2O3S/c1-3-16-9(15)7(11)4-8(14)13-10-12-5-6(2)17-10/h5,7H,3-4H2,1-2H3,(H,12,13,14). The van der Waals surface area contributed by atoms with Gasteiger partial charge in [-0.3, -0.25) is 9.59 Å². The van der Waals surface area contributed by atoms with Crippen LogP contribution >= 0.6 is 22.9 Å². The quantitative estimate of drug-likeness (QED) is 0.659. The van der Waals surface area contributed by atoms with Crippen LogP contribution in [0.5, 0.6) is 0 Å². The number of alkyl halides is 1. The number of rotatable bonds is 5. The van der Waals surface area contributed by atoms with Gasteiger partial charge in [0.05, 0.1) is 13.0 Å². The minimum atomic E-state index is -0.962. The topological polar surface area (TPSA) is 68.3 Å². The Morgan fingerprint density at radius 2 is 2.35 bits per heavy atom. The van der Waals surface area contributed by atoms with Crippen LogP contribution in [0.4, 0.5) is 5.13 Å². The predicted molar refractivity (Wildman–Crippen MR) is 66.4 cm³/mol. The molecule has 0 aliphatic carbocycles. The van der Waals surface area contributed by atoms with Crippen molar-refractivity contribution >= 4 is 39.9 Å². The molecule has 17 heavy (non-hydrogen) atoms. The zero-order chi connectivity index (χ0) is 12.8. The van der Waals surface area contributed by atoms with Crippen LogP contribution in [0.3, 0.4) is 0 Å². The summed E-state index contributed by atoms with van der Waals surface area (Å²) in [5, 5.41) is 2.11. The molecule has 1 unspecified atom stereocenters. The molecule has 0 radical (unpaired) electrons. The van der Waals surface area contributed by atoms with Gasteiger partial charge in [0.1, 0.15) is 5.38 Å². The van der Waals surface area contributed by atoms with E-state index in [4.69, 9.17) is 16.3 Å². The molecule has 1 N–H and O–H groups in total. The first kappa shape index (κ1) is 13.9. The number of hydrogen-bond acceptors (Lipinski definition) is 5. The third-order valence-corrected chi connectivity index (χ3v) is 2.94. The Kier molecular flexibility index (Phi) is 5.37. The molecule has 1 aromatic heterocycles. The first-order valence-corrected chi connectivity index (χ1v) is 6.31. The van der Waals surface area contributed by atoms with Crippen LogP contribution in [0.25, 0.3) is 0 Å². The highest BCUT2D eigenvalue weighted by Gasteiger charge is 2.20. The molecule has 0 aromatic carbocycles. The molecule has 0 spiro atoms. The van der Waals surface area contributed by atoms with E-state index in [1.54, 1.807) is 13.1 Å². The molecule has 1 rings (SSSR count). The maximum Gasteiger partial charge on any atom is 0.324 e. The number of halogens is 1. The maximum atomic E-state index is 11.5. The summed E-state index contributed by atoms with van der Waals surface area (Å²) in [4.78, 5) is 27.7. The van der Waals surface area contributed by atoms with Crippen LogP contribution in [-0.4, -0.2) is 28.8 Å². The summed E-state index contributed by atoms with van der Waals surface area (Å²) in [6.45, 7) is 3.81. The number of anilines is 1. The number of nitrogens with zero attached hydrogens (tertiary/aromatic N) is 1. The molecule has 5 nitrogen and oxygen atoms in total. The fourth-order valence-electron chi connectivity index (χ4n) is 1.06. The molecule has 0 aliphatic heterocycles. The Balaban J connectivity index is 2.41. The molecular weight excluding hydrogens is 264 g/mol. The number of carbonyl (C=O) groups is 2. The first-order chi connectivity index (χ1) is 8.02. The number of hydrogen-bond donors (Lipinski definition) is 1. The zero-order valence-corrected chi connectivity index (χ0v) is 11.1. The van der Waals surface area contributed by atoms with Crippen molar-refractivity contribution in [2.45, 2.75) is 25.6 Å². The number of thiazole rings is 1. The Morgan fingerprint density at radius 1 is 1.65 bits per heavy atom. The van der Waals surface area contributed by atoms with Gasteiger partial charge in [-0.05, 0) is 13.8 Å². The lowest BCUT2D eigenvalue weighted by Gasteiger charge is -2.07. The van der Waals surface area contributed by atoms with Crippen LogP contribution in [0, 0.1) is 6.92 Å². The SMILES string of the molecule is CCOC(=O)C(Cl)CC(=O)Nc1ncc(C)s1. The van der Waals surface area contributed by atoms with E-state index in [-0.39, 0.29) is 18.9 Å². The van der Waals surface area contributed by atoms with Crippen molar-refractivity contribution in [3.63, 3.8) is 0 Å². The summed E-state index contributed by atoms with van der Waals surface area (Å²) >= 11 is 7.08. The van der Waals surface area contributed by atoms with E-state index in [0.717, 1.165) is 4.88 Å². The van der Waals surface area contributed by atoms with Crippen molar-refractivity contribution in [3.05, 3.63) is 11.1 Å². The average Bonchev–Trinajstić information content (AvgIpc) is 2.64. The Morgan fingerprint density at radius 3 is 2.88 bits per heavy atom. The van der Waals surface area contributed by atoms with E-state index < -0.39 is 11.3 Å². The minimum absolute atomic E-state index is 0.126. The number of aryl methyl sites for hydroxylation is 1. The highest BCUT2D eigenvalue weighted by Crippen LogP contribution is 2.17. The van der Waals surface area contributed by atoms with Gasteiger partial charge in [-0.1, -0.05) is 0 Å². The molecule has 0 fully saturated rings. The number of nitrogens with one attached hydrogen (secondary N) is 1. The molecule has 0 aliphatic rings. The molecular formula is C10H13ClN2O3S. The van der Waals surface area contributed by atoms with Crippen molar-refractivity contribution in [2.75, 3.05) is 11.9 Å². The van der Waals surface area contributed by atoms with E-state index in [1.165, 1.54) is 11.3 Å². The van der Waals surface area contributed by atoms with Gasteiger partial charge in [-0.15, -0.1) is 22.9 Å². The smallest absolute Gasteiger partial charge is 0.324 e. The molecule has 0 saturated carbocycles. The van der Waals surface area contributed by atoms with E-state index in [1.807, 2.05) is 6.92 Å². The van der Waals surface area contributed by atoms with Crippen LogP contribution in [-0.2, 0) is 14.3 Å². The van der Waals surface area contributed by atoms with E-state index in [9.17, 15) is 9.59 Å². The monoisotopic (exact) mass is 276 g/mol. The summed E-state index contributed by atoms with van der Waals surface area (Å²) in [5.41, 5.74) is 0. The fourth-order valence-corrected chi connectivity index (χ4v) is 1.95. The maximum absolute atomic E-state index is 11.5. The lowest BCUT2D eigenvalue weighted by molar-refractivity contribution is -0.143. The normalized spacial score (nSPS) is 11.9. The zero-order valence-electron chi connectivity index (χ0n) is 9.53. The highest BCUT2D eigenvalue weighted by atomic mass is 35.5. The molecule has 1 atom stereocenters. The van der Waals surface area contributed by atoms with Crippen LogP contribution in [0.2, 0.25) is 0 Å². The van der Waals surface area contributed by atoms with Crippen LogP contribution < -0.4 is 5.32 Å². The van der Waals surface area contributed by atoms with Gasteiger partial charge >= 0.3 is 5.97 Å². The molecule has 0 bridgehead atoms. The lowest BCUT2D eigenvalue weighted by Crippen LogP contribution is -2.24. The van der Waals surface area contributed by atoms with Crippen molar-refractivity contribution < 1.29 is 14.3 Å². The van der Waals surface area contributed by atoms with Crippen molar-refractivity contribution in [1.82, 2.24) is 4.98 Å². The molecule has 1 heterocycles. The van der Waals surface area contributed by atoms with Gasteiger partial charge in [-0.25, -0.2) is 4.98 Å². The second kappa shape index (κ2) is 6.56. The van der Waals surface area contributed by atoms with E-state index in [0.29, 0.717) is 5.13 Å². The first-order valence-electron chi connectivity index (χ1n) is 5.06. The molecule has 94 valence electrons. The average molecular weight is 277 g/mol. The number of aromatic nitrogens is 1. The Bertz CT molecular complexity index is 408. The summed E-state index contributed by atoms with van der Waals surface area (Å²) in [7, 11) is 0. The van der Waals surface area contributed by atoms with Crippen molar-refractivity contribution in [1.29, 1.82) is 0 Å². The predicted octanol–water partition coefficient (Wildman–Crippen LogP) is 1.95. The van der Waals surface area contributed by atoms with Crippen molar-refractivity contribution in [3.8, 4) is 0 Å². The number of carbonyl (C=O) groups excluding carboxylic acids is 2. The van der Waals surface area contributed by atoms with Gasteiger partial charge in [0.2, 0.25) is 5.91 Å². The Labute approximate surface area is 108 Å². The van der Waals surface area contributed by atoms with Gasteiger partial charge in [0.15, 0.2) is 5.13 Å². The number of amides is 1. The van der Waals surface area contributed by atoms with Crippen molar-refractivity contribution in [2.24, 2.45) is 0 Å². The minimum Gasteiger partial charge on any atom is -0.465 e. The second-order valence-electron chi connectivity index (χ2n) is 3.25. The molecule has 7 heteroatoms. The van der Waals surface area contributed by atoms with Gasteiger partial charge < -0.3 is 10.1 Å². The summed E-state index contributed by atoms with van der Waals surface area (Å²) in [6.07, 6.45) is 1.53. The molecule has 1 aromatic rings. The van der Waals surface area contributed by atoms with Gasteiger partial charge in [-0.2, -0.15) is 0 Å².